The fourth-order valence-corrected chi connectivity index (χ4v) is 5.44. The topological polar surface area (TPSA) is 119 Å². The number of hydrogen-bond acceptors (Lipinski definition) is 7. The molecule has 1 aliphatic rings. The zero-order chi connectivity index (χ0) is 23.6. The van der Waals surface area contributed by atoms with Gasteiger partial charge >= 0.3 is 0 Å². The number of phenolic OH excluding ortho intramolecular Hbond substituents is 1. The summed E-state index contributed by atoms with van der Waals surface area (Å²) < 4.78 is 0. The van der Waals surface area contributed by atoms with Crippen LogP contribution in [0.25, 0.3) is 5.57 Å². The normalized spacial score (nSPS) is 18.4. The fourth-order valence-electron chi connectivity index (χ4n) is 4.28. The third-order valence-corrected chi connectivity index (χ3v) is 6.51. The van der Waals surface area contributed by atoms with Crippen molar-refractivity contribution in [1.82, 2.24) is 15.5 Å². The quantitative estimate of drug-likeness (QED) is 0.283. The molecule has 6 N–H and O–H groups in total. The summed E-state index contributed by atoms with van der Waals surface area (Å²) in [6, 6.07) is 3.26. The van der Waals surface area contributed by atoms with Crippen molar-refractivity contribution in [3.8, 4) is 5.75 Å². The van der Waals surface area contributed by atoms with Gasteiger partial charge in [0.25, 0.3) is 0 Å². The van der Waals surface area contributed by atoms with Gasteiger partial charge in [-0.2, -0.15) is 0 Å². The molecule has 1 aliphatic heterocycles. The van der Waals surface area contributed by atoms with E-state index in [-0.39, 0.29) is 43.7 Å². The van der Waals surface area contributed by atoms with Gasteiger partial charge in [-0.25, -0.2) is 0 Å². The number of nitrogens with one attached hydrogen (secondary N) is 5. The van der Waals surface area contributed by atoms with Crippen LogP contribution in [0, 0.1) is 16.2 Å². The van der Waals surface area contributed by atoms with Crippen molar-refractivity contribution in [2.75, 3.05) is 14.1 Å². The predicted octanol–water partition coefficient (Wildman–Crippen LogP) is 4.49. The summed E-state index contributed by atoms with van der Waals surface area (Å²) in [6.07, 6.45) is 4.56. The minimum Gasteiger partial charge on any atom is -0.507 e. The van der Waals surface area contributed by atoms with Gasteiger partial charge < -0.3 is 26.0 Å². The first-order valence-corrected chi connectivity index (χ1v) is 11.3. The number of phenols is 1. The summed E-state index contributed by atoms with van der Waals surface area (Å²) >= 11 is 7.36. The second kappa shape index (κ2) is 9.63. The van der Waals surface area contributed by atoms with Gasteiger partial charge in [0.05, 0.1) is 10.6 Å². The lowest BCUT2D eigenvalue weighted by molar-refractivity contribution is 0.114. The van der Waals surface area contributed by atoms with Gasteiger partial charge in [-0.1, -0.05) is 11.6 Å². The number of nitrogens with zero attached hydrogens (tertiary/aromatic N) is 1. The van der Waals surface area contributed by atoms with E-state index in [4.69, 9.17) is 27.8 Å². The van der Waals surface area contributed by atoms with E-state index in [2.05, 4.69) is 38.3 Å². The van der Waals surface area contributed by atoms with Crippen LogP contribution >= 0.6 is 23.4 Å². The summed E-state index contributed by atoms with van der Waals surface area (Å²) in [5.74, 6) is -0.150. The van der Waals surface area contributed by atoms with Gasteiger partial charge in [0.2, 0.25) is 0 Å². The van der Waals surface area contributed by atoms with Crippen molar-refractivity contribution in [2.24, 2.45) is 0 Å². The Kier molecular flexibility index (Phi) is 7.84. The number of amidine groups is 1. The van der Waals surface area contributed by atoms with Crippen molar-refractivity contribution in [1.29, 1.82) is 16.2 Å². The molecule has 1 saturated heterocycles. The van der Waals surface area contributed by atoms with Gasteiger partial charge in [-0.05, 0) is 70.0 Å². The van der Waals surface area contributed by atoms with Crippen LogP contribution in [0.4, 0.5) is 0 Å². The number of aromatic hydroxyl groups is 1. The molecule has 0 bridgehead atoms. The molecule has 1 aromatic rings. The molecule has 0 radical (unpaired) electrons. The highest BCUT2D eigenvalue weighted by atomic mass is 35.5. The molecule has 9 heteroatoms. The van der Waals surface area contributed by atoms with E-state index in [1.165, 1.54) is 6.07 Å². The lowest BCUT2D eigenvalue weighted by Gasteiger charge is -2.49. The van der Waals surface area contributed by atoms with E-state index in [1.807, 2.05) is 11.9 Å². The van der Waals surface area contributed by atoms with Gasteiger partial charge in [0.15, 0.2) is 5.17 Å². The number of halogens is 1. The zero-order valence-electron chi connectivity index (χ0n) is 19.0. The van der Waals surface area contributed by atoms with Gasteiger partial charge in [0, 0.05) is 49.2 Å². The van der Waals surface area contributed by atoms with Crippen LogP contribution in [0.5, 0.6) is 5.75 Å². The smallest absolute Gasteiger partial charge is 0.162 e. The molecule has 31 heavy (non-hydrogen) atoms. The standard InChI is InChI=1S/C22H33ClN6OS/c1-21(2)9-15(10-22(3,4)28-21)29(6)20(26)31-19(25)18-16(23)7-13(8-17(18)30)14(11-24)12-27-5/h7-8,11-12,15,24-28,30H,9-10H2,1-6H3/b14-12+,24-11?,25-19?,26-20?. The molecule has 170 valence electrons. The number of piperidine rings is 1. The summed E-state index contributed by atoms with van der Waals surface area (Å²) in [5, 5.41) is 42.0. The molecule has 1 fully saturated rings. The second-order valence-corrected chi connectivity index (χ2v) is 10.6. The Bertz CT molecular complexity index is 872. The third-order valence-electron chi connectivity index (χ3n) is 5.32. The molecule has 0 atom stereocenters. The summed E-state index contributed by atoms with van der Waals surface area (Å²) in [6.45, 7) is 8.66. The number of benzene rings is 1. The second-order valence-electron chi connectivity index (χ2n) is 9.19. The molecule has 1 heterocycles. The highest BCUT2D eigenvalue weighted by molar-refractivity contribution is 8.26. The number of thioether (sulfide) groups is 1. The Labute approximate surface area is 194 Å². The first kappa shape index (κ1) is 25.2. The fraction of sp³-hybridized carbons (Fsp3) is 0.500. The van der Waals surface area contributed by atoms with Crippen molar-refractivity contribution >= 4 is 45.4 Å². The lowest BCUT2D eigenvalue weighted by Crippen LogP contribution is -2.62. The van der Waals surface area contributed by atoms with Crippen LogP contribution in [0.2, 0.25) is 5.02 Å². The Morgan fingerprint density at radius 1 is 1.26 bits per heavy atom. The highest BCUT2D eigenvalue weighted by Crippen LogP contribution is 2.35. The van der Waals surface area contributed by atoms with Gasteiger partial charge in [-0.15, -0.1) is 0 Å². The molecule has 7 nitrogen and oxygen atoms in total. The largest absolute Gasteiger partial charge is 0.507 e. The Morgan fingerprint density at radius 3 is 2.32 bits per heavy atom. The molecule has 0 saturated carbocycles. The minimum absolute atomic E-state index is 0.00681. The molecular weight excluding hydrogens is 432 g/mol. The molecule has 2 rings (SSSR count). The Balaban J connectivity index is 2.20. The molecule has 0 aromatic heterocycles. The van der Waals surface area contributed by atoms with Crippen molar-refractivity contribution in [2.45, 2.75) is 57.7 Å². The molecule has 0 spiro atoms. The van der Waals surface area contributed by atoms with E-state index in [0.29, 0.717) is 11.1 Å². The van der Waals surface area contributed by atoms with Crippen LogP contribution in [0.15, 0.2) is 18.3 Å². The van der Waals surface area contributed by atoms with E-state index >= 15 is 0 Å². The Morgan fingerprint density at radius 2 is 1.84 bits per heavy atom. The van der Waals surface area contributed by atoms with Crippen LogP contribution in [-0.4, -0.2) is 57.6 Å². The maximum absolute atomic E-state index is 10.5. The first-order valence-electron chi connectivity index (χ1n) is 10.1. The van der Waals surface area contributed by atoms with E-state index in [0.717, 1.165) is 30.8 Å². The molecule has 0 amide bonds. The monoisotopic (exact) mass is 464 g/mol. The highest BCUT2D eigenvalue weighted by Gasteiger charge is 2.39. The molecule has 0 unspecified atom stereocenters. The van der Waals surface area contributed by atoms with Crippen LogP contribution in [0.1, 0.15) is 51.7 Å². The van der Waals surface area contributed by atoms with Crippen molar-refractivity contribution < 1.29 is 5.11 Å². The average molecular weight is 465 g/mol. The maximum Gasteiger partial charge on any atom is 0.162 e. The predicted molar refractivity (Wildman–Crippen MR) is 133 cm³/mol. The summed E-state index contributed by atoms with van der Waals surface area (Å²) in [7, 11) is 3.60. The van der Waals surface area contributed by atoms with E-state index < -0.39 is 0 Å². The van der Waals surface area contributed by atoms with Crippen LogP contribution in [-0.2, 0) is 0 Å². The lowest BCUT2D eigenvalue weighted by atomic mass is 9.79. The first-order chi connectivity index (χ1) is 14.3. The van der Waals surface area contributed by atoms with Crippen LogP contribution < -0.4 is 10.6 Å². The maximum atomic E-state index is 10.5. The Hall–Kier alpha value is -2.03. The number of rotatable bonds is 5. The SMILES string of the molecule is CN/C=C(\C=N)c1cc(O)c(C(=N)SC(=N)N(C)C2CC(C)(C)NC(C)(C)C2)c(Cl)c1. The van der Waals surface area contributed by atoms with E-state index in [1.54, 1.807) is 19.3 Å². The number of hydrogen-bond donors (Lipinski definition) is 6. The van der Waals surface area contributed by atoms with E-state index in [9.17, 15) is 5.11 Å². The third kappa shape index (κ3) is 6.24. The van der Waals surface area contributed by atoms with Crippen molar-refractivity contribution in [3.05, 3.63) is 34.5 Å². The molecular formula is C22H33ClN6OS. The molecule has 0 aliphatic carbocycles. The van der Waals surface area contributed by atoms with Crippen LogP contribution in [0.3, 0.4) is 0 Å². The minimum atomic E-state index is -0.150. The van der Waals surface area contributed by atoms with Gasteiger partial charge in [0.1, 0.15) is 10.8 Å². The average Bonchev–Trinajstić information content (AvgIpc) is 2.62. The summed E-state index contributed by atoms with van der Waals surface area (Å²) in [5.41, 5.74) is 1.20. The molecule has 1 aromatic carbocycles. The van der Waals surface area contributed by atoms with Crippen molar-refractivity contribution in [3.63, 3.8) is 0 Å². The van der Waals surface area contributed by atoms with Gasteiger partial charge in [-0.3, -0.25) is 10.8 Å². The zero-order valence-corrected chi connectivity index (χ0v) is 20.6. The number of allylic oxidation sites excluding steroid dienone is 1. The summed E-state index contributed by atoms with van der Waals surface area (Å²) in [4.78, 5) is 1.91.